The predicted molar refractivity (Wildman–Crippen MR) is 121 cm³/mol. The Hall–Kier alpha value is -3.03. The maximum absolute atomic E-state index is 13.4. The summed E-state index contributed by atoms with van der Waals surface area (Å²) in [4.78, 5) is 16.4. The van der Waals surface area contributed by atoms with Crippen molar-refractivity contribution in [3.63, 3.8) is 0 Å². The molecule has 0 spiro atoms. The van der Waals surface area contributed by atoms with E-state index in [0.717, 1.165) is 30.8 Å². The molecular formula is C25H25NO5S. The Morgan fingerprint density at radius 2 is 1.97 bits per heavy atom. The zero-order valence-corrected chi connectivity index (χ0v) is 18.5. The molecule has 1 amide bonds. The van der Waals surface area contributed by atoms with Crippen LogP contribution in [0.2, 0.25) is 0 Å². The van der Waals surface area contributed by atoms with Crippen LogP contribution in [-0.4, -0.2) is 36.9 Å². The molecule has 7 heteroatoms. The first kappa shape index (κ1) is 20.8. The molecule has 3 heterocycles. The van der Waals surface area contributed by atoms with E-state index >= 15 is 0 Å². The van der Waals surface area contributed by atoms with E-state index < -0.39 is 0 Å². The summed E-state index contributed by atoms with van der Waals surface area (Å²) in [6.07, 6.45) is 2.08. The van der Waals surface area contributed by atoms with Gasteiger partial charge in [0, 0.05) is 30.1 Å². The third kappa shape index (κ3) is 4.89. The lowest BCUT2D eigenvalue weighted by molar-refractivity contribution is 0.0507. The van der Waals surface area contributed by atoms with Crippen LogP contribution in [0.5, 0.6) is 17.2 Å². The third-order valence-electron chi connectivity index (χ3n) is 5.61. The van der Waals surface area contributed by atoms with Crippen molar-refractivity contribution in [2.45, 2.75) is 32.1 Å². The molecule has 2 aromatic carbocycles. The minimum Gasteiger partial charge on any atom is -0.488 e. The molecule has 0 bridgehead atoms. The highest BCUT2D eigenvalue weighted by Gasteiger charge is 2.25. The molecule has 3 aromatic rings. The second-order valence-electron chi connectivity index (χ2n) is 7.90. The summed E-state index contributed by atoms with van der Waals surface area (Å²) in [6, 6.07) is 17.4. The predicted octanol–water partition coefficient (Wildman–Crippen LogP) is 4.88. The monoisotopic (exact) mass is 451 g/mol. The van der Waals surface area contributed by atoms with E-state index in [1.807, 2.05) is 40.6 Å². The van der Waals surface area contributed by atoms with Crippen LogP contribution in [0.25, 0.3) is 0 Å². The van der Waals surface area contributed by atoms with Crippen LogP contribution >= 0.6 is 11.3 Å². The highest BCUT2D eigenvalue weighted by atomic mass is 32.1. The molecule has 0 N–H and O–H groups in total. The van der Waals surface area contributed by atoms with Gasteiger partial charge < -0.3 is 23.8 Å². The smallest absolute Gasteiger partial charge is 0.254 e. The average Bonchev–Trinajstić information content (AvgIpc) is 3.60. The number of rotatable bonds is 8. The van der Waals surface area contributed by atoms with Gasteiger partial charge in [-0.2, -0.15) is 0 Å². The van der Waals surface area contributed by atoms with Crippen LogP contribution in [0.3, 0.4) is 0 Å². The normalized spacial score (nSPS) is 16.8. The maximum atomic E-state index is 13.4. The maximum Gasteiger partial charge on any atom is 0.254 e. The van der Waals surface area contributed by atoms with E-state index in [1.54, 1.807) is 29.5 Å². The first-order valence-corrected chi connectivity index (χ1v) is 11.7. The van der Waals surface area contributed by atoms with Crippen LogP contribution < -0.4 is 14.2 Å². The molecule has 0 radical (unpaired) electrons. The summed E-state index contributed by atoms with van der Waals surface area (Å²) < 4.78 is 22.5. The van der Waals surface area contributed by atoms with Gasteiger partial charge in [-0.05, 0) is 60.2 Å². The van der Waals surface area contributed by atoms with Gasteiger partial charge in [0.05, 0.1) is 6.10 Å². The van der Waals surface area contributed by atoms with Gasteiger partial charge >= 0.3 is 0 Å². The summed E-state index contributed by atoms with van der Waals surface area (Å²) in [5.41, 5.74) is 1.63. The lowest BCUT2D eigenvalue weighted by Crippen LogP contribution is -2.37. The van der Waals surface area contributed by atoms with E-state index in [0.29, 0.717) is 36.8 Å². The fraction of sp³-hybridized carbons (Fsp3) is 0.320. The minimum atomic E-state index is -0.0446. The topological polar surface area (TPSA) is 57.2 Å². The number of benzene rings is 2. The van der Waals surface area contributed by atoms with Crippen molar-refractivity contribution in [2.75, 3.05) is 19.9 Å². The zero-order chi connectivity index (χ0) is 21.8. The molecule has 1 atom stereocenters. The number of ether oxygens (including phenoxy) is 4. The van der Waals surface area contributed by atoms with E-state index in [-0.39, 0.29) is 18.8 Å². The number of nitrogens with zero attached hydrogens (tertiary/aromatic N) is 1. The van der Waals surface area contributed by atoms with Crippen LogP contribution in [0.1, 0.15) is 33.6 Å². The molecule has 2 aliphatic rings. The second kappa shape index (κ2) is 9.63. The number of amides is 1. The number of hydrogen-bond donors (Lipinski definition) is 0. The highest BCUT2D eigenvalue weighted by molar-refractivity contribution is 7.09. The SMILES string of the molecule is O=C(c1ccc2c(c1)OCO2)N(Cc1ccc(OCc2cccs2)cc1)C[C@@H]1CCCO1. The number of fused-ring (bicyclic) bond motifs is 1. The second-order valence-corrected chi connectivity index (χ2v) is 8.93. The summed E-state index contributed by atoms with van der Waals surface area (Å²) >= 11 is 1.68. The number of thiophene rings is 1. The fourth-order valence-corrected chi connectivity index (χ4v) is 4.54. The van der Waals surface area contributed by atoms with Crippen LogP contribution in [0.15, 0.2) is 60.0 Å². The molecule has 6 nitrogen and oxygen atoms in total. The molecular weight excluding hydrogens is 426 g/mol. The van der Waals surface area contributed by atoms with Crippen LogP contribution in [0.4, 0.5) is 0 Å². The lowest BCUT2D eigenvalue weighted by atomic mass is 10.1. The average molecular weight is 452 g/mol. The van der Waals surface area contributed by atoms with E-state index in [2.05, 4.69) is 6.07 Å². The Balaban J connectivity index is 1.28. The van der Waals surface area contributed by atoms with Crippen molar-refractivity contribution >= 4 is 17.2 Å². The molecule has 1 aromatic heterocycles. The van der Waals surface area contributed by atoms with Crippen molar-refractivity contribution in [3.8, 4) is 17.2 Å². The Bertz CT molecular complexity index is 1040. The molecule has 0 saturated carbocycles. The number of carbonyl (C=O) groups excluding carboxylic acids is 1. The largest absolute Gasteiger partial charge is 0.488 e. The Morgan fingerprint density at radius 3 is 2.75 bits per heavy atom. The molecule has 166 valence electrons. The first-order valence-electron chi connectivity index (χ1n) is 10.8. The summed E-state index contributed by atoms with van der Waals surface area (Å²) in [7, 11) is 0. The molecule has 1 saturated heterocycles. The first-order chi connectivity index (χ1) is 15.7. The van der Waals surface area contributed by atoms with Gasteiger partial charge in [0.1, 0.15) is 12.4 Å². The van der Waals surface area contributed by atoms with Gasteiger partial charge in [-0.25, -0.2) is 0 Å². The van der Waals surface area contributed by atoms with Crippen molar-refractivity contribution in [1.29, 1.82) is 0 Å². The van der Waals surface area contributed by atoms with Crippen molar-refractivity contribution in [1.82, 2.24) is 4.90 Å². The van der Waals surface area contributed by atoms with E-state index in [1.165, 1.54) is 4.88 Å². The van der Waals surface area contributed by atoms with Gasteiger partial charge in [0.15, 0.2) is 11.5 Å². The lowest BCUT2D eigenvalue weighted by Gasteiger charge is -2.26. The molecule has 0 unspecified atom stereocenters. The van der Waals surface area contributed by atoms with E-state index in [4.69, 9.17) is 18.9 Å². The van der Waals surface area contributed by atoms with Crippen LogP contribution in [0, 0.1) is 0 Å². The summed E-state index contributed by atoms with van der Waals surface area (Å²) in [5, 5.41) is 2.04. The van der Waals surface area contributed by atoms with Crippen molar-refractivity contribution in [3.05, 3.63) is 76.0 Å². The molecule has 1 fully saturated rings. The van der Waals surface area contributed by atoms with E-state index in [9.17, 15) is 4.79 Å². The quantitative estimate of drug-likeness (QED) is 0.489. The standard InChI is InChI=1S/C25H25NO5S/c27-25(19-7-10-23-24(13-19)31-17-30-23)26(15-21-3-1-11-28-21)14-18-5-8-20(9-6-18)29-16-22-4-2-12-32-22/h2,4-10,12-13,21H,1,3,11,14-17H2/t21-/m0/s1. The van der Waals surface area contributed by atoms with Gasteiger partial charge in [-0.3, -0.25) is 4.79 Å². The Morgan fingerprint density at radius 1 is 1.09 bits per heavy atom. The molecule has 5 rings (SSSR count). The van der Waals surface area contributed by atoms with Gasteiger partial charge in [-0.1, -0.05) is 18.2 Å². The summed E-state index contributed by atoms with van der Waals surface area (Å²) in [5.74, 6) is 2.05. The molecule has 2 aliphatic heterocycles. The summed E-state index contributed by atoms with van der Waals surface area (Å²) in [6.45, 7) is 2.56. The fourth-order valence-electron chi connectivity index (χ4n) is 3.93. The Kier molecular flexibility index (Phi) is 6.27. The number of hydrogen-bond acceptors (Lipinski definition) is 6. The van der Waals surface area contributed by atoms with Crippen molar-refractivity contribution in [2.24, 2.45) is 0 Å². The van der Waals surface area contributed by atoms with Crippen molar-refractivity contribution < 1.29 is 23.7 Å². The van der Waals surface area contributed by atoms with Gasteiger partial charge in [0.25, 0.3) is 5.91 Å². The molecule has 32 heavy (non-hydrogen) atoms. The third-order valence-corrected chi connectivity index (χ3v) is 6.46. The number of carbonyl (C=O) groups is 1. The van der Waals surface area contributed by atoms with Crippen LogP contribution in [-0.2, 0) is 17.9 Å². The minimum absolute atomic E-state index is 0.0446. The zero-order valence-electron chi connectivity index (χ0n) is 17.7. The molecule has 0 aliphatic carbocycles. The Labute approximate surface area is 191 Å². The highest BCUT2D eigenvalue weighted by Crippen LogP contribution is 2.33. The van der Waals surface area contributed by atoms with Gasteiger partial charge in [-0.15, -0.1) is 11.3 Å². The van der Waals surface area contributed by atoms with Gasteiger partial charge in [0.2, 0.25) is 6.79 Å².